The lowest BCUT2D eigenvalue weighted by molar-refractivity contribution is 0.0964. The van der Waals surface area contributed by atoms with Gasteiger partial charge in [0.2, 0.25) is 0 Å². The van der Waals surface area contributed by atoms with E-state index in [-0.39, 0.29) is 5.91 Å². The van der Waals surface area contributed by atoms with Crippen LogP contribution in [0.4, 0.5) is 0 Å². The summed E-state index contributed by atoms with van der Waals surface area (Å²) in [5.41, 5.74) is 5.78. The zero-order valence-electron chi connectivity index (χ0n) is 14.5. The van der Waals surface area contributed by atoms with Gasteiger partial charge >= 0.3 is 0 Å². The summed E-state index contributed by atoms with van der Waals surface area (Å²) in [7, 11) is 0. The van der Waals surface area contributed by atoms with Crippen LogP contribution >= 0.6 is 0 Å². The fraction of sp³-hybridized carbons (Fsp3) is 0.136. The molecule has 1 amide bonds. The Morgan fingerprint density at radius 1 is 1.04 bits per heavy atom. The highest BCUT2D eigenvalue weighted by Gasteiger charge is 2.19. The Hall–Kier alpha value is -3.27. The van der Waals surface area contributed by atoms with E-state index in [9.17, 15) is 4.79 Å². The van der Waals surface area contributed by atoms with Gasteiger partial charge in [0, 0.05) is 29.9 Å². The van der Waals surface area contributed by atoms with Crippen LogP contribution in [0.15, 0.2) is 72.8 Å². The number of nitrogens with one attached hydrogen (secondary N) is 1. The molecule has 1 aromatic carbocycles. The van der Waals surface area contributed by atoms with Crippen molar-refractivity contribution in [2.45, 2.75) is 19.3 Å². The van der Waals surface area contributed by atoms with E-state index in [0.29, 0.717) is 11.5 Å². The molecule has 0 aliphatic heterocycles. The maximum Gasteiger partial charge on any atom is 0.255 e. The van der Waals surface area contributed by atoms with E-state index in [1.54, 1.807) is 12.4 Å². The lowest BCUT2D eigenvalue weighted by Gasteiger charge is -2.22. The van der Waals surface area contributed by atoms with E-state index in [0.717, 1.165) is 28.9 Å². The van der Waals surface area contributed by atoms with Gasteiger partial charge in [-0.1, -0.05) is 31.2 Å². The molecule has 2 heterocycles. The molecule has 4 nitrogen and oxygen atoms in total. The Balaban J connectivity index is 1.51. The summed E-state index contributed by atoms with van der Waals surface area (Å²) in [5.74, 6) is 0.243. The molecule has 26 heavy (non-hydrogen) atoms. The number of aromatic nitrogens is 2. The Labute approximate surface area is 152 Å². The fourth-order valence-electron chi connectivity index (χ4n) is 3.28. The molecular formula is C22H19N3O. The van der Waals surface area contributed by atoms with Crippen molar-refractivity contribution < 1.29 is 4.79 Å². The van der Waals surface area contributed by atoms with Crippen molar-refractivity contribution in [3.8, 4) is 11.1 Å². The number of nitrogens with zero attached hydrogens (tertiary/aromatic N) is 2. The van der Waals surface area contributed by atoms with Crippen molar-refractivity contribution >= 4 is 12.0 Å². The van der Waals surface area contributed by atoms with Gasteiger partial charge in [0.25, 0.3) is 5.91 Å². The number of hydrogen-bond donors (Lipinski definition) is 1. The van der Waals surface area contributed by atoms with Crippen LogP contribution < -0.4 is 5.32 Å². The molecule has 0 fully saturated rings. The van der Waals surface area contributed by atoms with Gasteiger partial charge in [0.1, 0.15) is 0 Å². The number of carbonyl (C=O) groups excluding carboxylic acids is 1. The van der Waals surface area contributed by atoms with Crippen molar-refractivity contribution in [1.82, 2.24) is 15.3 Å². The van der Waals surface area contributed by atoms with E-state index < -0.39 is 0 Å². The lowest BCUT2D eigenvalue weighted by atomic mass is 9.89. The molecule has 1 atom stereocenters. The summed E-state index contributed by atoms with van der Waals surface area (Å²) in [5, 5.41) is 3.04. The molecule has 1 unspecified atom stereocenters. The predicted octanol–water partition coefficient (Wildman–Crippen LogP) is 4.42. The fourth-order valence-corrected chi connectivity index (χ4v) is 3.28. The maximum atomic E-state index is 12.6. The van der Waals surface area contributed by atoms with Crippen LogP contribution in [0.2, 0.25) is 0 Å². The van der Waals surface area contributed by atoms with E-state index >= 15 is 0 Å². The summed E-state index contributed by atoms with van der Waals surface area (Å²) in [6.07, 6.45) is 8.12. The molecule has 1 aliphatic carbocycles. The van der Waals surface area contributed by atoms with Crippen LogP contribution in [-0.2, 0) is 0 Å². The first kappa shape index (κ1) is 16.2. The van der Waals surface area contributed by atoms with Crippen LogP contribution in [0.25, 0.3) is 17.2 Å². The number of benzene rings is 1. The molecular weight excluding hydrogens is 322 g/mol. The van der Waals surface area contributed by atoms with Gasteiger partial charge < -0.3 is 5.32 Å². The SMILES string of the molecule is CC1CC(NC(=O)c2ccc(-c3cccnc3)cc2)=Cc2ncccc21. The topological polar surface area (TPSA) is 54.9 Å². The third-order valence-electron chi connectivity index (χ3n) is 4.66. The van der Waals surface area contributed by atoms with E-state index in [1.807, 2.05) is 54.7 Å². The van der Waals surface area contributed by atoms with Gasteiger partial charge in [-0.05, 0) is 59.4 Å². The van der Waals surface area contributed by atoms with E-state index in [2.05, 4.69) is 28.3 Å². The molecule has 3 aromatic rings. The normalized spacial score (nSPS) is 15.7. The highest BCUT2D eigenvalue weighted by atomic mass is 16.1. The summed E-state index contributed by atoms with van der Waals surface area (Å²) in [4.78, 5) is 21.1. The average molecular weight is 341 g/mol. The Kier molecular flexibility index (Phi) is 4.32. The Morgan fingerprint density at radius 2 is 1.85 bits per heavy atom. The van der Waals surface area contributed by atoms with Crippen molar-refractivity contribution in [3.05, 3.63) is 89.6 Å². The Bertz CT molecular complexity index is 962. The number of hydrogen-bond acceptors (Lipinski definition) is 3. The minimum Gasteiger partial charge on any atom is -0.326 e. The minimum atomic E-state index is -0.0967. The van der Waals surface area contributed by atoms with Gasteiger partial charge in [-0.15, -0.1) is 0 Å². The van der Waals surface area contributed by atoms with Crippen LogP contribution in [-0.4, -0.2) is 15.9 Å². The largest absolute Gasteiger partial charge is 0.326 e. The summed E-state index contributed by atoms with van der Waals surface area (Å²) >= 11 is 0. The van der Waals surface area contributed by atoms with Gasteiger partial charge in [-0.2, -0.15) is 0 Å². The number of pyridine rings is 2. The highest BCUT2D eigenvalue weighted by molar-refractivity contribution is 5.96. The quantitative estimate of drug-likeness (QED) is 0.767. The van der Waals surface area contributed by atoms with Gasteiger partial charge in [0.15, 0.2) is 0 Å². The highest BCUT2D eigenvalue weighted by Crippen LogP contribution is 2.31. The molecule has 1 aliphatic rings. The number of carbonyl (C=O) groups is 1. The third kappa shape index (κ3) is 3.26. The molecule has 0 saturated heterocycles. The molecule has 0 spiro atoms. The standard InChI is InChI=1S/C22H19N3O/c1-15-12-19(13-21-20(15)5-3-11-24-21)25-22(26)17-8-6-16(7-9-17)18-4-2-10-23-14-18/h2-11,13-15H,12H2,1H3,(H,25,26). The van der Waals surface area contributed by atoms with Gasteiger partial charge in [0.05, 0.1) is 5.69 Å². The number of allylic oxidation sites excluding steroid dienone is 1. The van der Waals surface area contributed by atoms with E-state index in [4.69, 9.17) is 0 Å². The molecule has 2 aromatic heterocycles. The molecule has 4 rings (SSSR count). The van der Waals surface area contributed by atoms with Crippen LogP contribution in [0.3, 0.4) is 0 Å². The third-order valence-corrected chi connectivity index (χ3v) is 4.66. The summed E-state index contributed by atoms with van der Waals surface area (Å²) < 4.78 is 0. The average Bonchev–Trinajstić information content (AvgIpc) is 2.69. The molecule has 0 saturated carbocycles. The predicted molar refractivity (Wildman–Crippen MR) is 102 cm³/mol. The summed E-state index contributed by atoms with van der Waals surface area (Å²) in [6.45, 7) is 2.16. The van der Waals surface area contributed by atoms with Gasteiger partial charge in [-0.25, -0.2) is 0 Å². The number of rotatable bonds is 3. The molecule has 0 bridgehead atoms. The van der Waals surface area contributed by atoms with Crippen molar-refractivity contribution in [2.24, 2.45) is 0 Å². The molecule has 0 radical (unpaired) electrons. The van der Waals surface area contributed by atoms with Gasteiger partial charge in [-0.3, -0.25) is 14.8 Å². The number of amides is 1. The zero-order chi connectivity index (χ0) is 17.9. The first-order valence-electron chi connectivity index (χ1n) is 8.68. The molecule has 1 N–H and O–H groups in total. The molecule has 4 heteroatoms. The maximum absolute atomic E-state index is 12.6. The van der Waals surface area contributed by atoms with Crippen LogP contribution in [0.1, 0.15) is 40.9 Å². The van der Waals surface area contributed by atoms with Crippen molar-refractivity contribution in [2.75, 3.05) is 0 Å². The van der Waals surface area contributed by atoms with Crippen molar-refractivity contribution in [1.29, 1.82) is 0 Å². The second kappa shape index (κ2) is 6.92. The molecule has 128 valence electrons. The smallest absolute Gasteiger partial charge is 0.255 e. The van der Waals surface area contributed by atoms with Crippen LogP contribution in [0.5, 0.6) is 0 Å². The zero-order valence-corrected chi connectivity index (χ0v) is 14.5. The first-order valence-corrected chi connectivity index (χ1v) is 8.68. The lowest BCUT2D eigenvalue weighted by Crippen LogP contribution is -2.25. The monoisotopic (exact) mass is 341 g/mol. The second-order valence-electron chi connectivity index (χ2n) is 6.53. The first-order chi connectivity index (χ1) is 12.7. The van der Waals surface area contributed by atoms with E-state index in [1.165, 1.54) is 5.56 Å². The van der Waals surface area contributed by atoms with Crippen molar-refractivity contribution in [3.63, 3.8) is 0 Å². The number of fused-ring (bicyclic) bond motifs is 1. The minimum absolute atomic E-state index is 0.0967. The summed E-state index contributed by atoms with van der Waals surface area (Å²) in [6, 6.07) is 15.5. The Morgan fingerprint density at radius 3 is 2.62 bits per heavy atom. The van der Waals surface area contributed by atoms with Crippen LogP contribution in [0, 0.1) is 0 Å². The second-order valence-corrected chi connectivity index (χ2v) is 6.53.